The zero-order valence-electron chi connectivity index (χ0n) is 14.7. The molecule has 0 aliphatic carbocycles. The van der Waals surface area contributed by atoms with E-state index in [-0.39, 0.29) is 31.2 Å². The van der Waals surface area contributed by atoms with Crippen molar-refractivity contribution in [2.45, 2.75) is 37.9 Å². The third-order valence-corrected chi connectivity index (χ3v) is 5.20. The van der Waals surface area contributed by atoms with Gasteiger partial charge >= 0.3 is 12.1 Å². The van der Waals surface area contributed by atoms with E-state index in [4.69, 9.17) is 0 Å². The number of rotatable bonds is 3. The molecule has 2 aliphatic rings. The summed E-state index contributed by atoms with van der Waals surface area (Å²) in [6.45, 7) is 0.494. The van der Waals surface area contributed by atoms with Crippen LogP contribution in [0.25, 0.3) is 0 Å². The van der Waals surface area contributed by atoms with Crippen LogP contribution in [0.2, 0.25) is 0 Å². The minimum Gasteiger partial charge on any atom is -0.340 e. The fourth-order valence-corrected chi connectivity index (χ4v) is 3.87. The Balaban J connectivity index is 1.69. The lowest BCUT2D eigenvalue weighted by Crippen LogP contribution is -2.53. The molecule has 0 radical (unpaired) electrons. The Kier molecular flexibility index (Phi) is 5.53. The molecule has 146 valence electrons. The number of benzene rings is 1. The molecule has 2 unspecified atom stereocenters. The largest absolute Gasteiger partial charge is 0.471 e. The minimum atomic E-state index is -4.99. The highest BCUT2D eigenvalue weighted by Gasteiger charge is 2.48. The predicted molar refractivity (Wildman–Crippen MR) is 90.9 cm³/mol. The Bertz CT molecular complexity index is 721. The van der Waals surface area contributed by atoms with Crippen LogP contribution in [0.3, 0.4) is 0 Å². The first-order chi connectivity index (χ1) is 12.8. The van der Waals surface area contributed by atoms with Gasteiger partial charge in [0.15, 0.2) is 5.78 Å². The quantitative estimate of drug-likeness (QED) is 0.756. The highest BCUT2D eigenvalue weighted by Crippen LogP contribution is 2.28. The summed E-state index contributed by atoms with van der Waals surface area (Å²) in [5, 5.41) is 0. The highest BCUT2D eigenvalue weighted by molar-refractivity contribution is 5.98. The number of amides is 2. The standard InChI is InChI=1S/C19H21F3N2O3/c20-19(21,22)18(27)24-11-5-9-15(24)17(26)23-10-4-8-14(12-23)16(25)13-6-2-1-3-7-13/h1-3,6-7,14-15H,4-5,8-12H2. The van der Waals surface area contributed by atoms with Gasteiger partial charge in [0.25, 0.3) is 0 Å². The van der Waals surface area contributed by atoms with Crippen LogP contribution in [-0.4, -0.2) is 59.2 Å². The SMILES string of the molecule is O=C(c1ccccc1)C1CCCN(C(=O)C2CCCN2C(=O)C(F)(F)F)C1. The summed E-state index contributed by atoms with van der Waals surface area (Å²) < 4.78 is 38.3. The Labute approximate surface area is 155 Å². The van der Waals surface area contributed by atoms with Crippen molar-refractivity contribution in [1.82, 2.24) is 9.80 Å². The van der Waals surface area contributed by atoms with Crippen molar-refractivity contribution in [1.29, 1.82) is 0 Å². The number of Topliss-reactive ketones (excluding diaryl/α,β-unsaturated/α-hetero) is 1. The van der Waals surface area contributed by atoms with Gasteiger partial charge in [0, 0.05) is 31.1 Å². The minimum absolute atomic E-state index is 0.0669. The third kappa shape index (κ3) is 4.14. The summed E-state index contributed by atoms with van der Waals surface area (Å²) in [5.41, 5.74) is 0.562. The fourth-order valence-electron chi connectivity index (χ4n) is 3.87. The van der Waals surface area contributed by atoms with Gasteiger partial charge in [-0.05, 0) is 25.7 Å². The van der Waals surface area contributed by atoms with Crippen molar-refractivity contribution in [3.8, 4) is 0 Å². The van der Waals surface area contributed by atoms with E-state index < -0.39 is 24.0 Å². The van der Waals surface area contributed by atoms with Crippen molar-refractivity contribution < 1.29 is 27.6 Å². The monoisotopic (exact) mass is 382 g/mol. The zero-order valence-corrected chi connectivity index (χ0v) is 14.7. The van der Waals surface area contributed by atoms with Crippen LogP contribution in [0.5, 0.6) is 0 Å². The van der Waals surface area contributed by atoms with E-state index in [2.05, 4.69) is 0 Å². The van der Waals surface area contributed by atoms with Crippen LogP contribution in [-0.2, 0) is 9.59 Å². The van der Waals surface area contributed by atoms with Crippen LogP contribution >= 0.6 is 0 Å². The molecule has 3 rings (SSSR count). The molecule has 2 heterocycles. The Morgan fingerprint density at radius 3 is 2.30 bits per heavy atom. The maximum absolute atomic E-state index is 12.8. The smallest absolute Gasteiger partial charge is 0.340 e. The van der Waals surface area contributed by atoms with Gasteiger partial charge in [-0.3, -0.25) is 14.4 Å². The topological polar surface area (TPSA) is 57.7 Å². The van der Waals surface area contributed by atoms with Gasteiger partial charge in [-0.15, -0.1) is 0 Å². The highest BCUT2D eigenvalue weighted by atomic mass is 19.4. The van der Waals surface area contributed by atoms with Gasteiger partial charge in [-0.25, -0.2) is 0 Å². The van der Waals surface area contributed by atoms with Gasteiger partial charge < -0.3 is 9.80 Å². The second kappa shape index (κ2) is 7.70. The van der Waals surface area contributed by atoms with Crippen molar-refractivity contribution >= 4 is 17.6 Å². The molecule has 2 fully saturated rings. The van der Waals surface area contributed by atoms with Gasteiger partial charge in [-0.2, -0.15) is 13.2 Å². The van der Waals surface area contributed by atoms with Crippen LogP contribution < -0.4 is 0 Å². The lowest BCUT2D eigenvalue weighted by atomic mass is 9.89. The number of piperidine rings is 1. The lowest BCUT2D eigenvalue weighted by molar-refractivity contribution is -0.187. The van der Waals surface area contributed by atoms with Crippen LogP contribution in [0.15, 0.2) is 30.3 Å². The molecule has 8 heteroatoms. The van der Waals surface area contributed by atoms with Crippen molar-refractivity contribution in [3.63, 3.8) is 0 Å². The number of alkyl halides is 3. The number of hydrogen-bond acceptors (Lipinski definition) is 3. The predicted octanol–water partition coefficient (Wildman–Crippen LogP) is 2.66. The number of carbonyl (C=O) groups is 3. The first-order valence-electron chi connectivity index (χ1n) is 9.05. The Morgan fingerprint density at radius 1 is 0.963 bits per heavy atom. The van der Waals surface area contributed by atoms with Gasteiger partial charge in [-0.1, -0.05) is 30.3 Å². The number of likely N-dealkylation sites (tertiary alicyclic amines) is 2. The summed E-state index contributed by atoms with van der Waals surface area (Å²) in [6.07, 6.45) is -3.17. The van der Waals surface area contributed by atoms with E-state index in [1.165, 1.54) is 4.90 Å². The molecule has 5 nitrogen and oxygen atoms in total. The normalized spacial score (nSPS) is 23.4. The first-order valence-corrected chi connectivity index (χ1v) is 9.05. The number of hydrogen-bond donors (Lipinski definition) is 0. The van der Waals surface area contributed by atoms with E-state index >= 15 is 0 Å². The summed E-state index contributed by atoms with van der Waals surface area (Å²) >= 11 is 0. The maximum atomic E-state index is 12.8. The molecule has 1 aromatic carbocycles. The van der Waals surface area contributed by atoms with E-state index in [1.54, 1.807) is 30.3 Å². The average molecular weight is 382 g/mol. The third-order valence-electron chi connectivity index (χ3n) is 5.20. The summed E-state index contributed by atoms with van der Waals surface area (Å²) in [5.74, 6) is -2.90. The molecule has 27 heavy (non-hydrogen) atoms. The summed E-state index contributed by atoms with van der Waals surface area (Å²) in [7, 11) is 0. The number of ketones is 1. The number of nitrogens with zero attached hydrogens (tertiary/aromatic N) is 2. The first kappa shape index (κ1) is 19.4. The summed E-state index contributed by atoms with van der Waals surface area (Å²) in [4.78, 5) is 39.1. The average Bonchev–Trinajstić information content (AvgIpc) is 3.15. The molecule has 0 saturated carbocycles. The van der Waals surface area contributed by atoms with Crippen LogP contribution in [0.1, 0.15) is 36.0 Å². The molecular formula is C19H21F3N2O3. The van der Waals surface area contributed by atoms with E-state index in [0.29, 0.717) is 36.3 Å². The molecule has 2 aliphatic heterocycles. The fraction of sp³-hybridized carbons (Fsp3) is 0.526. The molecule has 0 bridgehead atoms. The zero-order chi connectivity index (χ0) is 19.6. The molecule has 0 spiro atoms. The van der Waals surface area contributed by atoms with Gasteiger partial charge in [0.2, 0.25) is 5.91 Å². The Hall–Kier alpha value is -2.38. The second-order valence-corrected chi connectivity index (χ2v) is 7.01. The van der Waals surface area contributed by atoms with E-state index in [9.17, 15) is 27.6 Å². The molecule has 2 amide bonds. The van der Waals surface area contributed by atoms with Crippen molar-refractivity contribution in [2.24, 2.45) is 5.92 Å². The lowest BCUT2D eigenvalue weighted by Gasteiger charge is -2.35. The number of halogens is 3. The van der Waals surface area contributed by atoms with Crippen LogP contribution in [0, 0.1) is 5.92 Å². The van der Waals surface area contributed by atoms with E-state index in [1.807, 2.05) is 0 Å². The second-order valence-electron chi connectivity index (χ2n) is 7.01. The molecular weight excluding hydrogens is 361 g/mol. The molecule has 0 aromatic heterocycles. The van der Waals surface area contributed by atoms with Gasteiger partial charge in [0.1, 0.15) is 6.04 Å². The van der Waals surface area contributed by atoms with Gasteiger partial charge in [0.05, 0.1) is 0 Å². The van der Waals surface area contributed by atoms with Crippen molar-refractivity contribution in [3.05, 3.63) is 35.9 Å². The maximum Gasteiger partial charge on any atom is 0.471 e. The molecule has 0 N–H and O–H groups in total. The summed E-state index contributed by atoms with van der Waals surface area (Å²) in [6, 6.07) is 7.66. The van der Waals surface area contributed by atoms with E-state index in [0.717, 1.165) is 0 Å². The molecule has 2 saturated heterocycles. The molecule has 1 aromatic rings. The number of carbonyl (C=O) groups excluding carboxylic acids is 3. The molecule has 2 atom stereocenters. The van der Waals surface area contributed by atoms with Crippen molar-refractivity contribution in [2.75, 3.05) is 19.6 Å². The Morgan fingerprint density at radius 2 is 1.63 bits per heavy atom. The van der Waals surface area contributed by atoms with Crippen LogP contribution in [0.4, 0.5) is 13.2 Å².